The molecule has 0 heterocycles. The van der Waals surface area contributed by atoms with E-state index in [9.17, 15) is 14.7 Å². The van der Waals surface area contributed by atoms with Crippen molar-refractivity contribution in [1.29, 1.82) is 0 Å². The molecule has 0 aliphatic heterocycles. The average Bonchev–Trinajstić information content (AvgIpc) is 2.67. The van der Waals surface area contributed by atoms with Crippen molar-refractivity contribution in [2.45, 2.75) is 19.4 Å². The Morgan fingerprint density at radius 1 is 1.04 bits per heavy atom. The molecule has 7 heteroatoms. The first-order valence-corrected chi connectivity index (χ1v) is 8.46. The van der Waals surface area contributed by atoms with Crippen LogP contribution in [-0.2, 0) is 4.79 Å². The second-order valence-corrected chi connectivity index (χ2v) is 5.70. The summed E-state index contributed by atoms with van der Waals surface area (Å²) in [5.74, 6) is 0.257. The highest BCUT2D eigenvalue weighted by Gasteiger charge is 2.20. The lowest BCUT2D eigenvalue weighted by Crippen LogP contribution is -2.30. The summed E-state index contributed by atoms with van der Waals surface area (Å²) in [6.07, 6.45) is -0.265. The average molecular weight is 373 g/mol. The summed E-state index contributed by atoms with van der Waals surface area (Å²) in [5.41, 5.74) is 1.02. The number of aliphatic carboxylic acids is 1. The third-order valence-corrected chi connectivity index (χ3v) is 3.93. The molecule has 27 heavy (non-hydrogen) atoms. The van der Waals surface area contributed by atoms with Crippen molar-refractivity contribution < 1.29 is 28.9 Å². The highest BCUT2D eigenvalue weighted by molar-refractivity contribution is 5.94. The first kappa shape index (κ1) is 20.1. The van der Waals surface area contributed by atoms with Crippen LogP contribution in [0.3, 0.4) is 0 Å². The van der Waals surface area contributed by atoms with E-state index in [1.807, 2.05) is 6.92 Å². The van der Waals surface area contributed by atoms with E-state index >= 15 is 0 Å². The number of nitrogens with one attached hydrogen (secondary N) is 1. The van der Waals surface area contributed by atoms with Gasteiger partial charge in [0.2, 0.25) is 0 Å². The number of benzene rings is 2. The quantitative estimate of drug-likeness (QED) is 0.702. The smallest absolute Gasteiger partial charge is 0.305 e. The number of carboxylic acid groups (broad SMARTS) is 1. The molecular formula is C20H23NO6. The zero-order valence-electron chi connectivity index (χ0n) is 15.5. The van der Waals surface area contributed by atoms with Gasteiger partial charge in [-0.1, -0.05) is 6.07 Å². The first-order valence-electron chi connectivity index (χ1n) is 8.46. The fourth-order valence-electron chi connectivity index (χ4n) is 2.59. The molecule has 2 rings (SSSR count). The maximum atomic E-state index is 12.5. The lowest BCUT2D eigenvalue weighted by Gasteiger charge is -2.19. The van der Waals surface area contributed by atoms with Crippen LogP contribution in [-0.4, -0.2) is 37.8 Å². The van der Waals surface area contributed by atoms with Crippen LogP contribution in [0, 0.1) is 0 Å². The van der Waals surface area contributed by atoms with Gasteiger partial charge in [0.25, 0.3) is 5.91 Å². The topological polar surface area (TPSA) is 94.1 Å². The van der Waals surface area contributed by atoms with Gasteiger partial charge in [-0.05, 0) is 48.9 Å². The minimum atomic E-state index is -1.03. The molecule has 0 saturated heterocycles. The van der Waals surface area contributed by atoms with Gasteiger partial charge in [-0.2, -0.15) is 0 Å². The lowest BCUT2D eigenvalue weighted by molar-refractivity contribution is -0.137. The first-order chi connectivity index (χ1) is 13.0. The zero-order valence-corrected chi connectivity index (χ0v) is 15.5. The fraction of sp³-hybridized carbons (Fsp3) is 0.300. The Morgan fingerprint density at radius 3 is 2.30 bits per heavy atom. The van der Waals surface area contributed by atoms with Crippen LogP contribution >= 0.6 is 0 Å². The van der Waals surface area contributed by atoms with Gasteiger partial charge in [0.15, 0.2) is 11.5 Å². The summed E-state index contributed by atoms with van der Waals surface area (Å²) in [5, 5.41) is 12.0. The minimum Gasteiger partial charge on any atom is -0.497 e. The third kappa shape index (κ3) is 5.37. The number of amides is 1. The van der Waals surface area contributed by atoms with E-state index in [2.05, 4.69) is 5.32 Å². The molecule has 144 valence electrons. The largest absolute Gasteiger partial charge is 0.497 e. The summed E-state index contributed by atoms with van der Waals surface area (Å²) < 4.78 is 15.9. The van der Waals surface area contributed by atoms with Crippen LogP contribution in [0.15, 0.2) is 42.5 Å². The maximum Gasteiger partial charge on any atom is 0.305 e. The molecule has 7 nitrogen and oxygen atoms in total. The Hall–Kier alpha value is -3.22. The predicted octanol–water partition coefficient (Wildman–Crippen LogP) is 3.05. The summed E-state index contributed by atoms with van der Waals surface area (Å²) >= 11 is 0. The molecule has 2 N–H and O–H groups in total. The molecule has 1 amide bonds. The number of hydrogen-bond donors (Lipinski definition) is 2. The van der Waals surface area contributed by atoms with E-state index in [0.29, 0.717) is 35.0 Å². The number of carboxylic acids is 1. The molecule has 0 aliphatic carbocycles. The fourth-order valence-corrected chi connectivity index (χ4v) is 2.59. The van der Waals surface area contributed by atoms with E-state index in [-0.39, 0.29) is 12.3 Å². The van der Waals surface area contributed by atoms with Gasteiger partial charge in [-0.25, -0.2) is 0 Å². The second kappa shape index (κ2) is 9.47. The number of carbonyl (C=O) groups is 2. The molecular weight excluding hydrogens is 350 g/mol. The van der Waals surface area contributed by atoms with Gasteiger partial charge in [0.05, 0.1) is 33.3 Å². The van der Waals surface area contributed by atoms with E-state index in [0.717, 1.165) is 0 Å². The van der Waals surface area contributed by atoms with Crippen molar-refractivity contribution in [3.8, 4) is 17.2 Å². The third-order valence-electron chi connectivity index (χ3n) is 3.93. The van der Waals surface area contributed by atoms with E-state index in [1.54, 1.807) is 42.5 Å². The zero-order chi connectivity index (χ0) is 19.8. The summed E-state index contributed by atoms with van der Waals surface area (Å²) in [6.45, 7) is 2.33. The molecule has 0 saturated carbocycles. The molecule has 0 aromatic heterocycles. The molecule has 0 fully saturated rings. The summed E-state index contributed by atoms with van der Waals surface area (Å²) in [7, 11) is 3.04. The van der Waals surface area contributed by atoms with Crippen molar-refractivity contribution >= 4 is 11.9 Å². The Balaban J connectivity index is 2.26. The molecule has 0 aliphatic rings. The van der Waals surface area contributed by atoms with Crippen LogP contribution < -0.4 is 19.5 Å². The summed E-state index contributed by atoms with van der Waals surface area (Å²) in [4.78, 5) is 23.8. The van der Waals surface area contributed by atoms with Crippen molar-refractivity contribution in [2.24, 2.45) is 0 Å². The van der Waals surface area contributed by atoms with Gasteiger partial charge in [0, 0.05) is 5.56 Å². The summed E-state index contributed by atoms with van der Waals surface area (Å²) in [6, 6.07) is 10.9. The Labute approximate surface area is 157 Å². The highest BCUT2D eigenvalue weighted by Crippen LogP contribution is 2.31. The molecule has 2 aromatic carbocycles. The van der Waals surface area contributed by atoms with Crippen LogP contribution in [0.2, 0.25) is 0 Å². The molecule has 0 bridgehead atoms. The van der Waals surface area contributed by atoms with Crippen molar-refractivity contribution in [3.63, 3.8) is 0 Å². The number of rotatable bonds is 9. The number of methoxy groups -OCH3 is 2. The highest BCUT2D eigenvalue weighted by atomic mass is 16.5. The van der Waals surface area contributed by atoms with Crippen molar-refractivity contribution in [3.05, 3.63) is 53.6 Å². The SMILES string of the molecule is CCOc1ccc(C(CC(=O)O)NC(=O)c2ccc(OC)cc2)cc1OC. The number of carbonyl (C=O) groups excluding carboxylic acids is 1. The van der Waals surface area contributed by atoms with Gasteiger partial charge in [-0.15, -0.1) is 0 Å². The number of ether oxygens (including phenoxy) is 3. The van der Waals surface area contributed by atoms with Gasteiger partial charge >= 0.3 is 5.97 Å². The Morgan fingerprint density at radius 2 is 1.74 bits per heavy atom. The molecule has 1 unspecified atom stereocenters. The van der Waals surface area contributed by atoms with Crippen molar-refractivity contribution in [1.82, 2.24) is 5.32 Å². The van der Waals surface area contributed by atoms with Gasteiger partial charge in [0.1, 0.15) is 5.75 Å². The molecule has 1 atom stereocenters. The van der Waals surface area contributed by atoms with Crippen molar-refractivity contribution in [2.75, 3.05) is 20.8 Å². The number of hydrogen-bond acceptors (Lipinski definition) is 5. The van der Waals surface area contributed by atoms with Crippen LogP contribution in [0.5, 0.6) is 17.2 Å². The van der Waals surface area contributed by atoms with E-state index in [4.69, 9.17) is 14.2 Å². The lowest BCUT2D eigenvalue weighted by atomic mass is 10.0. The molecule has 0 spiro atoms. The molecule has 0 radical (unpaired) electrons. The Kier molecular flexibility index (Phi) is 7.05. The Bertz CT molecular complexity index is 788. The predicted molar refractivity (Wildman–Crippen MR) is 99.6 cm³/mol. The van der Waals surface area contributed by atoms with Gasteiger partial charge in [-0.3, -0.25) is 9.59 Å². The van der Waals surface area contributed by atoms with E-state index in [1.165, 1.54) is 14.2 Å². The monoisotopic (exact) mass is 373 g/mol. The normalized spacial score (nSPS) is 11.4. The maximum absolute atomic E-state index is 12.5. The van der Waals surface area contributed by atoms with Crippen LogP contribution in [0.4, 0.5) is 0 Å². The van der Waals surface area contributed by atoms with Crippen LogP contribution in [0.25, 0.3) is 0 Å². The second-order valence-electron chi connectivity index (χ2n) is 5.70. The standard InChI is InChI=1S/C20H23NO6/c1-4-27-17-10-7-14(11-18(17)26-3)16(12-19(22)23)21-20(24)13-5-8-15(25-2)9-6-13/h5-11,16H,4,12H2,1-3H3,(H,21,24)(H,22,23). The van der Waals surface area contributed by atoms with E-state index < -0.39 is 12.0 Å². The van der Waals surface area contributed by atoms with Crippen LogP contribution in [0.1, 0.15) is 35.3 Å². The minimum absolute atomic E-state index is 0.265. The van der Waals surface area contributed by atoms with Gasteiger partial charge < -0.3 is 24.6 Å². The molecule has 2 aromatic rings.